The van der Waals surface area contributed by atoms with E-state index in [-0.39, 0.29) is 32.3 Å². The van der Waals surface area contributed by atoms with Gasteiger partial charge in [0.2, 0.25) is 11.7 Å². The number of hydrogen-bond acceptors (Lipinski definition) is 6. The second-order valence-electron chi connectivity index (χ2n) is 11.1. The third-order valence-electron chi connectivity index (χ3n) is 7.10. The molecule has 1 amide bonds. The van der Waals surface area contributed by atoms with Crippen molar-refractivity contribution < 1.29 is 26.9 Å². The van der Waals surface area contributed by atoms with Crippen molar-refractivity contribution in [1.29, 1.82) is 0 Å². The molecule has 2 heterocycles. The summed E-state index contributed by atoms with van der Waals surface area (Å²) in [5, 5.41) is 7.18. The fourth-order valence-corrected chi connectivity index (χ4v) is 5.31. The van der Waals surface area contributed by atoms with Crippen LogP contribution in [0.2, 0.25) is 0 Å². The normalized spacial score (nSPS) is 13.1. The number of rotatable bonds is 9. The van der Waals surface area contributed by atoms with Gasteiger partial charge in [0.25, 0.3) is 0 Å². The Morgan fingerprint density at radius 3 is 2.33 bits per heavy atom. The number of halogens is 4. The number of alkyl halides is 3. The number of aromatic nitrogens is 3. The molecule has 1 unspecified atom stereocenters. The number of benzene rings is 2. The largest absolute Gasteiger partial charge is 0.471 e. The molecule has 0 aliphatic carbocycles. The van der Waals surface area contributed by atoms with Crippen LogP contribution in [-0.2, 0) is 22.9 Å². The molecule has 0 spiro atoms. The fourth-order valence-electron chi connectivity index (χ4n) is 4.57. The van der Waals surface area contributed by atoms with Crippen LogP contribution in [0.15, 0.2) is 59.4 Å². The molecule has 2 aromatic carbocycles. The molecule has 0 bridgehead atoms. The van der Waals surface area contributed by atoms with Gasteiger partial charge in [0.05, 0.1) is 18.3 Å². The van der Waals surface area contributed by atoms with Gasteiger partial charge < -0.3 is 14.7 Å². The van der Waals surface area contributed by atoms with Gasteiger partial charge in [0.1, 0.15) is 5.82 Å². The van der Waals surface area contributed by atoms with Crippen molar-refractivity contribution >= 4 is 25.5 Å². The number of anilines is 1. The van der Waals surface area contributed by atoms with Crippen LogP contribution >= 0.6 is 8.58 Å². The predicted octanol–water partition coefficient (Wildman–Crippen LogP) is 6.72. The minimum Gasteiger partial charge on any atom is -0.329 e. The highest BCUT2D eigenvalue weighted by atomic mass is 31.1. The van der Waals surface area contributed by atoms with E-state index in [9.17, 15) is 18.0 Å². The lowest BCUT2D eigenvalue weighted by atomic mass is 9.87. The number of nitrogens with one attached hydrogen (secondary N) is 1. The molecule has 2 aromatic heterocycles. The number of hydrogen-bond donors (Lipinski definition) is 1. The Bertz CT molecular complexity index is 1580. The summed E-state index contributed by atoms with van der Waals surface area (Å²) in [6.45, 7) is 10.1. The molecular formula is C31H34F4N5O2P. The topological polar surface area (TPSA) is 84.2 Å². The number of carbonyl (C=O) groups is 1. The van der Waals surface area contributed by atoms with E-state index in [0.717, 1.165) is 5.56 Å². The smallest absolute Gasteiger partial charge is 0.329 e. The minimum atomic E-state index is -4.75. The summed E-state index contributed by atoms with van der Waals surface area (Å²) in [6, 6.07) is 11.1. The molecular weight excluding hydrogens is 581 g/mol. The average Bonchev–Trinajstić information content (AvgIpc) is 3.48. The van der Waals surface area contributed by atoms with Crippen LogP contribution in [0.5, 0.6) is 0 Å². The zero-order valence-electron chi connectivity index (χ0n) is 24.8. The van der Waals surface area contributed by atoms with Crippen LogP contribution in [0.4, 0.5) is 23.2 Å². The van der Waals surface area contributed by atoms with Crippen molar-refractivity contribution in [3.8, 4) is 22.5 Å². The van der Waals surface area contributed by atoms with Gasteiger partial charge in [-0.3, -0.25) is 9.78 Å². The van der Waals surface area contributed by atoms with Crippen LogP contribution in [0.3, 0.4) is 0 Å². The van der Waals surface area contributed by atoms with Gasteiger partial charge in [0, 0.05) is 29.1 Å². The fraction of sp³-hybridized carbons (Fsp3) is 0.355. The van der Waals surface area contributed by atoms with Gasteiger partial charge in [-0.05, 0) is 60.2 Å². The van der Waals surface area contributed by atoms with E-state index >= 15 is 4.39 Å². The van der Waals surface area contributed by atoms with Crippen molar-refractivity contribution in [2.75, 3.05) is 18.6 Å². The first kappa shape index (κ1) is 32.2. The van der Waals surface area contributed by atoms with Crippen molar-refractivity contribution in [1.82, 2.24) is 20.4 Å². The Kier molecular flexibility index (Phi) is 9.66. The second-order valence-corrected chi connectivity index (χ2v) is 12.1. The molecule has 4 rings (SSSR count). The maximum absolute atomic E-state index is 15.6. The molecule has 228 valence electrons. The quantitative estimate of drug-likeness (QED) is 0.166. The molecule has 2 atom stereocenters. The van der Waals surface area contributed by atoms with Crippen molar-refractivity contribution in [3.63, 3.8) is 0 Å². The van der Waals surface area contributed by atoms with Crippen molar-refractivity contribution in [3.05, 3.63) is 77.7 Å². The highest BCUT2D eigenvalue weighted by Crippen LogP contribution is 2.34. The van der Waals surface area contributed by atoms with Gasteiger partial charge in [-0.15, -0.1) is 0 Å². The van der Waals surface area contributed by atoms with E-state index in [1.807, 2.05) is 19.7 Å². The Labute approximate surface area is 249 Å². The molecule has 0 saturated heterocycles. The molecule has 4 aromatic rings. The van der Waals surface area contributed by atoms with Crippen LogP contribution in [0.25, 0.3) is 22.5 Å². The molecule has 0 aliphatic rings. The Morgan fingerprint density at radius 2 is 1.77 bits per heavy atom. The zero-order valence-corrected chi connectivity index (χ0v) is 25.8. The highest BCUT2D eigenvalue weighted by Gasteiger charge is 2.38. The lowest BCUT2D eigenvalue weighted by molar-refractivity contribution is -0.159. The number of amides is 1. The van der Waals surface area contributed by atoms with E-state index in [2.05, 4.69) is 45.7 Å². The van der Waals surface area contributed by atoms with Gasteiger partial charge >= 0.3 is 12.1 Å². The predicted molar refractivity (Wildman–Crippen MR) is 161 cm³/mol. The van der Waals surface area contributed by atoms with E-state index < -0.39 is 23.9 Å². The minimum absolute atomic E-state index is 0.139. The number of carbonyl (C=O) groups excluding carboxylic acids is 1. The van der Waals surface area contributed by atoms with Gasteiger partial charge in [-0.25, -0.2) is 4.39 Å². The van der Waals surface area contributed by atoms with Crippen LogP contribution < -0.4 is 15.5 Å². The Hall–Kier alpha value is -3.69. The van der Waals surface area contributed by atoms with E-state index in [1.54, 1.807) is 54.7 Å². The molecule has 0 fully saturated rings. The molecule has 0 radical (unpaired) electrons. The third kappa shape index (κ3) is 7.28. The first-order valence-electron chi connectivity index (χ1n) is 13.7. The first-order valence-corrected chi connectivity index (χ1v) is 15.2. The molecule has 43 heavy (non-hydrogen) atoms. The standard InChI is InChI=1S/C31H34F4N5O2P/c1-7-24(36-5)28(41)40(17-18-8-10-19(11-9-18)27-38-29(42-39-27)31(33,34)35)25-13-22(23(32)14-26(25)43-6)20-12-21(16-37-15-20)30(2,3)4/h8-16,24,36,43H,7,17H2,1-6H3/t24-/m0/s1. The second kappa shape index (κ2) is 12.9. The molecule has 0 saturated carbocycles. The number of nitrogens with zero attached hydrogens (tertiary/aromatic N) is 4. The van der Waals surface area contributed by atoms with Crippen LogP contribution in [0.1, 0.15) is 51.1 Å². The lowest BCUT2D eigenvalue weighted by Gasteiger charge is -2.29. The van der Waals surface area contributed by atoms with Crippen LogP contribution in [-0.4, -0.2) is 40.8 Å². The van der Waals surface area contributed by atoms with E-state index in [4.69, 9.17) is 0 Å². The molecule has 1 N–H and O–H groups in total. The van der Waals surface area contributed by atoms with E-state index in [0.29, 0.717) is 39.7 Å². The van der Waals surface area contributed by atoms with Crippen LogP contribution in [0, 0.1) is 5.82 Å². The average molecular weight is 616 g/mol. The summed E-state index contributed by atoms with van der Waals surface area (Å²) in [7, 11) is 1.91. The Balaban J connectivity index is 1.77. The maximum Gasteiger partial charge on any atom is 0.471 e. The van der Waals surface area contributed by atoms with Crippen molar-refractivity contribution in [2.45, 2.75) is 58.3 Å². The number of likely N-dealkylation sites (N-methyl/N-ethyl adjacent to an activating group) is 1. The zero-order chi connectivity index (χ0) is 31.5. The number of pyridine rings is 1. The first-order chi connectivity index (χ1) is 20.3. The molecule has 12 heteroatoms. The SMILES string of the molecule is CC[C@H](NC)C(=O)N(Cc1ccc(-c2noc(C(F)(F)F)n2)cc1)c1cc(-c2cncc(C(C)(C)C)c2)c(F)cc1PC. The summed E-state index contributed by atoms with van der Waals surface area (Å²) in [5.41, 5.74) is 3.30. The highest BCUT2D eigenvalue weighted by molar-refractivity contribution is 7.46. The Morgan fingerprint density at radius 1 is 1.07 bits per heavy atom. The monoisotopic (exact) mass is 615 g/mol. The lowest BCUT2D eigenvalue weighted by Crippen LogP contribution is -2.46. The van der Waals surface area contributed by atoms with Crippen molar-refractivity contribution in [2.24, 2.45) is 0 Å². The van der Waals surface area contributed by atoms with E-state index in [1.165, 1.54) is 6.07 Å². The maximum atomic E-state index is 15.6. The van der Waals surface area contributed by atoms with Gasteiger partial charge in [0.15, 0.2) is 0 Å². The molecule has 7 nitrogen and oxygen atoms in total. The van der Waals surface area contributed by atoms with Gasteiger partial charge in [-0.2, -0.15) is 18.2 Å². The van der Waals surface area contributed by atoms with Gasteiger partial charge in [-0.1, -0.05) is 65.7 Å². The summed E-state index contributed by atoms with van der Waals surface area (Å²) in [5.74, 6) is -2.22. The molecule has 0 aliphatic heterocycles. The summed E-state index contributed by atoms with van der Waals surface area (Å²) in [4.78, 5) is 23.3. The summed E-state index contributed by atoms with van der Waals surface area (Å²) in [6.07, 6.45) is -0.841. The summed E-state index contributed by atoms with van der Waals surface area (Å²) >= 11 is 0. The third-order valence-corrected chi connectivity index (χ3v) is 8.04. The summed E-state index contributed by atoms with van der Waals surface area (Å²) < 4.78 is 58.7.